The minimum absolute atomic E-state index is 0.620. The first-order chi connectivity index (χ1) is 15.2. The van der Waals surface area contributed by atoms with Crippen molar-refractivity contribution in [2.24, 2.45) is 0 Å². The zero-order chi connectivity index (χ0) is 21.6. The van der Waals surface area contributed by atoms with Gasteiger partial charge in [-0.25, -0.2) is 9.97 Å². The Morgan fingerprint density at radius 2 is 1.90 bits per heavy atom. The number of para-hydroxylation sites is 1. The van der Waals surface area contributed by atoms with Gasteiger partial charge in [-0.1, -0.05) is 49.1 Å². The zero-order valence-electron chi connectivity index (χ0n) is 17.2. The molecule has 0 bridgehead atoms. The Labute approximate surface area is 186 Å². The number of anilines is 1. The Hall–Kier alpha value is -3.77. The van der Waals surface area contributed by atoms with Crippen LogP contribution in [0.2, 0.25) is 0 Å². The molecule has 2 aromatic heterocycles. The van der Waals surface area contributed by atoms with Gasteiger partial charge in [-0.05, 0) is 55.3 Å². The third-order valence-electron chi connectivity index (χ3n) is 4.59. The second kappa shape index (κ2) is 9.36. The van der Waals surface area contributed by atoms with Crippen LogP contribution in [0.5, 0.6) is 5.75 Å². The van der Waals surface area contributed by atoms with Gasteiger partial charge in [0.15, 0.2) is 11.5 Å². The number of ether oxygens (including phenoxy) is 1. The molecule has 5 nitrogen and oxygen atoms in total. The lowest BCUT2D eigenvalue weighted by Crippen LogP contribution is -1.98. The Morgan fingerprint density at radius 1 is 1.10 bits per heavy atom. The molecule has 0 atom stereocenters. The van der Waals surface area contributed by atoms with Crippen LogP contribution in [0, 0.1) is 6.92 Å². The summed E-state index contributed by atoms with van der Waals surface area (Å²) in [5.41, 5.74) is 3.77. The Morgan fingerprint density at radius 3 is 2.68 bits per heavy atom. The van der Waals surface area contributed by atoms with E-state index in [1.165, 1.54) is 17.5 Å². The second-order valence-electron chi connectivity index (χ2n) is 6.74. The van der Waals surface area contributed by atoms with Crippen LogP contribution in [0.4, 0.5) is 5.82 Å². The smallest absolute Gasteiger partial charge is 0.181 e. The topological polar surface area (TPSA) is 51.5 Å². The molecule has 0 amide bonds. The fraction of sp³-hybridized carbons (Fsp3) is 0.0400. The minimum Gasteiger partial charge on any atom is -0.457 e. The van der Waals surface area contributed by atoms with E-state index in [0.717, 1.165) is 21.8 Å². The number of benzene rings is 2. The molecule has 4 rings (SSSR count). The molecule has 154 valence electrons. The number of fused-ring (bicyclic) bond motifs is 1. The zero-order valence-corrected chi connectivity index (χ0v) is 18.0. The Balaban J connectivity index is 1.67. The molecule has 2 heterocycles. The molecule has 0 saturated carbocycles. The number of nitrogens with one attached hydrogen (secondary N) is 1. The largest absolute Gasteiger partial charge is 0.457 e. The molecule has 31 heavy (non-hydrogen) atoms. The highest BCUT2D eigenvalue weighted by molar-refractivity contribution is 8.00. The number of hydrogen-bond acceptors (Lipinski definition) is 5. The van der Waals surface area contributed by atoms with E-state index in [9.17, 15) is 0 Å². The van der Waals surface area contributed by atoms with E-state index in [4.69, 9.17) is 4.74 Å². The first-order valence-corrected chi connectivity index (χ1v) is 10.5. The summed E-state index contributed by atoms with van der Waals surface area (Å²) in [4.78, 5) is 10.2. The molecule has 0 saturated heterocycles. The molecule has 2 aromatic carbocycles. The highest BCUT2D eigenvalue weighted by Crippen LogP contribution is 2.33. The monoisotopic (exact) mass is 426 g/mol. The SMILES string of the molecule is C=C/C=C(\C=C)Oc1ccccc1-c1cnc2c(NSc3ccc(C)cc3)nccn12. The summed E-state index contributed by atoms with van der Waals surface area (Å²) in [5, 5.41) is 0. The Kier molecular flexibility index (Phi) is 6.19. The van der Waals surface area contributed by atoms with Gasteiger partial charge in [0.1, 0.15) is 11.5 Å². The van der Waals surface area contributed by atoms with Gasteiger partial charge in [0.25, 0.3) is 0 Å². The highest BCUT2D eigenvalue weighted by Gasteiger charge is 2.14. The average molecular weight is 427 g/mol. The van der Waals surface area contributed by atoms with Gasteiger partial charge in [0, 0.05) is 22.9 Å². The number of aryl methyl sites for hydroxylation is 1. The van der Waals surface area contributed by atoms with Crippen LogP contribution < -0.4 is 9.46 Å². The van der Waals surface area contributed by atoms with Crippen LogP contribution in [0.1, 0.15) is 5.56 Å². The molecule has 4 aromatic rings. The summed E-state index contributed by atoms with van der Waals surface area (Å²) in [6, 6.07) is 16.1. The van der Waals surface area contributed by atoms with Crippen molar-refractivity contribution in [1.29, 1.82) is 0 Å². The van der Waals surface area contributed by atoms with E-state index < -0.39 is 0 Å². The number of allylic oxidation sites excluding steroid dienone is 3. The number of aromatic nitrogens is 3. The van der Waals surface area contributed by atoms with Crippen molar-refractivity contribution < 1.29 is 4.74 Å². The third kappa shape index (κ3) is 4.54. The van der Waals surface area contributed by atoms with Gasteiger partial charge in [-0.15, -0.1) is 0 Å². The van der Waals surface area contributed by atoms with E-state index in [1.807, 2.05) is 41.1 Å². The van der Waals surface area contributed by atoms with Crippen molar-refractivity contribution >= 4 is 23.4 Å². The Bertz CT molecular complexity index is 1260. The maximum Gasteiger partial charge on any atom is 0.181 e. The predicted octanol–water partition coefficient (Wildman–Crippen LogP) is 6.46. The third-order valence-corrected chi connectivity index (χ3v) is 5.39. The molecule has 0 spiro atoms. The fourth-order valence-corrected chi connectivity index (χ4v) is 3.69. The van der Waals surface area contributed by atoms with E-state index >= 15 is 0 Å². The number of hydrogen-bond donors (Lipinski definition) is 1. The molecule has 1 N–H and O–H groups in total. The number of nitrogens with zero attached hydrogens (tertiary/aromatic N) is 3. The van der Waals surface area contributed by atoms with Crippen molar-refractivity contribution in [3.8, 4) is 17.0 Å². The van der Waals surface area contributed by atoms with E-state index in [-0.39, 0.29) is 0 Å². The molecule has 0 aliphatic carbocycles. The lowest BCUT2D eigenvalue weighted by Gasteiger charge is -2.12. The molecule has 0 aliphatic rings. The lowest BCUT2D eigenvalue weighted by molar-refractivity contribution is 0.446. The van der Waals surface area contributed by atoms with Crippen molar-refractivity contribution in [3.05, 3.63) is 110 Å². The summed E-state index contributed by atoms with van der Waals surface area (Å²) in [6.45, 7) is 9.60. The normalized spacial score (nSPS) is 11.3. The quantitative estimate of drug-likeness (QED) is 0.199. The van der Waals surface area contributed by atoms with Crippen molar-refractivity contribution in [2.45, 2.75) is 11.8 Å². The van der Waals surface area contributed by atoms with E-state index in [1.54, 1.807) is 24.4 Å². The summed E-state index contributed by atoms with van der Waals surface area (Å²) in [6.07, 6.45) is 10.6. The van der Waals surface area contributed by atoms with Crippen molar-refractivity contribution in [3.63, 3.8) is 0 Å². The van der Waals surface area contributed by atoms with Crippen LogP contribution >= 0.6 is 11.9 Å². The summed E-state index contributed by atoms with van der Waals surface area (Å²) in [7, 11) is 0. The molecule has 6 heteroatoms. The van der Waals surface area contributed by atoms with Crippen molar-refractivity contribution in [2.75, 3.05) is 4.72 Å². The highest BCUT2D eigenvalue weighted by atomic mass is 32.2. The fourth-order valence-electron chi connectivity index (χ4n) is 3.06. The maximum absolute atomic E-state index is 6.05. The van der Waals surface area contributed by atoms with Gasteiger partial charge in [0.2, 0.25) is 0 Å². The van der Waals surface area contributed by atoms with E-state index in [0.29, 0.717) is 17.3 Å². The van der Waals surface area contributed by atoms with Gasteiger partial charge in [-0.2, -0.15) is 0 Å². The van der Waals surface area contributed by atoms with Crippen LogP contribution in [-0.4, -0.2) is 14.4 Å². The van der Waals surface area contributed by atoms with Crippen LogP contribution in [0.15, 0.2) is 109 Å². The maximum atomic E-state index is 6.05. The molecule has 0 radical (unpaired) electrons. The molecule has 0 fully saturated rings. The van der Waals surface area contributed by atoms with Gasteiger partial charge < -0.3 is 9.46 Å². The van der Waals surface area contributed by atoms with E-state index in [2.05, 4.69) is 59.0 Å². The summed E-state index contributed by atoms with van der Waals surface area (Å²) < 4.78 is 11.4. The molecular formula is C25H22N4OS. The standard InChI is InChI=1S/C25H22N4OS/c1-4-8-19(5-2)30-23-10-7-6-9-21(23)22-17-27-25-24(26-15-16-29(22)25)28-31-20-13-11-18(3)12-14-20/h4-17H,1-2H2,3H3,(H,26,28)/b19-8+. The number of imidazole rings is 1. The van der Waals surface area contributed by atoms with Crippen LogP contribution in [0.3, 0.4) is 0 Å². The van der Waals surface area contributed by atoms with Crippen LogP contribution in [-0.2, 0) is 0 Å². The second-order valence-corrected chi connectivity index (χ2v) is 7.62. The first-order valence-electron chi connectivity index (χ1n) is 9.73. The lowest BCUT2D eigenvalue weighted by atomic mass is 10.1. The van der Waals surface area contributed by atoms with Gasteiger partial charge >= 0.3 is 0 Å². The summed E-state index contributed by atoms with van der Waals surface area (Å²) in [5.74, 6) is 2.02. The molecule has 0 unspecified atom stereocenters. The van der Waals surface area contributed by atoms with Crippen LogP contribution in [0.25, 0.3) is 16.9 Å². The summed E-state index contributed by atoms with van der Waals surface area (Å²) >= 11 is 1.50. The van der Waals surface area contributed by atoms with Crippen molar-refractivity contribution in [1.82, 2.24) is 14.4 Å². The number of rotatable bonds is 8. The predicted molar refractivity (Wildman–Crippen MR) is 128 cm³/mol. The average Bonchev–Trinajstić information content (AvgIpc) is 3.23. The van der Waals surface area contributed by atoms with Gasteiger partial charge in [0.05, 0.1) is 11.9 Å². The first kappa shape index (κ1) is 20.5. The minimum atomic E-state index is 0.620. The van der Waals surface area contributed by atoms with Gasteiger partial charge in [-0.3, -0.25) is 4.40 Å². The molecular weight excluding hydrogens is 404 g/mol. The molecule has 0 aliphatic heterocycles.